The number of esters is 2. The lowest BCUT2D eigenvalue weighted by molar-refractivity contribution is -0.148. The Bertz CT molecular complexity index is 844. The van der Waals surface area contributed by atoms with Gasteiger partial charge in [-0.1, -0.05) is 0 Å². The summed E-state index contributed by atoms with van der Waals surface area (Å²) in [4.78, 5) is 51.3. The van der Waals surface area contributed by atoms with Gasteiger partial charge in [-0.15, -0.1) is 11.8 Å². The third-order valence-electron chi connectivity index (χ3n) is 4.07. The molecule has 0 aliphatic rings. The molecule has 11 heteroatoms. The highest BCUT2D eigenvalue weighted by molar-refractivity contribution is 7.99. The summed E-state index contributed by atoms with van der Waals surface area (Å²) >= 11 is 1.57. The molecule has 2 N–H and O–H groups in total. The molecule has 0 radical (unpaired) electrons. The Morgan fingerprint density at radius 1 is 1.10 bits per heavy atom. The SMILES string of the molecule is CCOC(=O)CC[C@@H](NC(=O)CCCCSc1ncnc2nc[nH]c12)C(=O)OCC. The predicted molar refractivity (Wildman–Crippen MR) is 111 cm³/mol. The van der Waals surface area contributed by atoms with Gasteiger partial charge in [0.05, 0.1) is 19.5 Å². The summed E-state index contributed by atoms with van der Waals surface area (Å²) < 4.78 is 9.85. The van der Waals surface area contributed by atoms with Crippen molar-refractivity contribution < 1.29 is 23.9 Å². The Hall–Kier alpha value is -2.69. The third-order valence-corrected chi connectivity index (χ3v) is 5.15. The Kier molecular flexibility index (Phi) is 10.1. The number of hydrogen-bond donors (Lipinski definition) is 2. The zero-order valence-corrected chi connectivity index (χ0v) is 18.0. The van der Waals surface area contributed by atoms with E-state index in [1.807, 2.05) is 0 Å². The maximum Gasteiger partial charge on any atom is 0.328 e. The van der Waals surface area contributed by atoms with Gasteiger partial charge in [-0.05, 0) is 38.9 Å². The number of fused-ring (bicyclic) bond motifs is 1. The molecule has 0 unspecified atom stereocenters. The quantitative estimate of drug-likeness (QED) is 0.209. The van der Waals surface area contributed by atoms with Gasteiger partial charge < -0.3 is 19.8 Å². The van der Waals surface area contributed by atoms with Crippen molar-refractivity contribution in [1.82, 2.24) is 25.3 Å². The molecule has 0 aromatic carbocycles. The molecule has 2 heterocycles. The van der Waals surface area contributed by atoms with Crippen molar-refractivity contribution in [3.8, 4) is 0 Å². The van der Waals surface area contributed by atoms with Crippen molar-refractivity contribution in [1.29, 1.82) is 0 Å². The molecule has 1 atom stereocenters. The number of unbranched alkanes of at least 4 members (excludes halogenated alkanes) is 1. The van der Waals surface area contributed by atoms with E-state index in [2.05, 4.69) is 25.3 Å². The van der Waals surface area contributed by atoms with E-state index in [1.54, 1.807) is 31.9 Å². The summed E-state index contributed by atoms with van der Waals surface area (Å²) in [6, 6.07) is -0.856. The zero-order valence-electron chi connectivity index (χ0n) is 17.2. The maximum absolute atomic E-state index is 12.2. The van der Waals surface area contributed by atoms with Crippen molar-refractivity contribution in [2.24, 2.45) is 0 Å². The Balaban J connectivity index is 1.72. The first-order chi connectivity index (χ1) is 14.5. The first-order valence-electron chi connectivity index (χ1n) is 9.93. The molecule has 0 aliphatic heterocycles. The van der Waals surface area contributed by atoms with Crippen LogP contribution in [0.4, 0.5) is 0 Å². The highest BCUT2D eigenvalue weighted by Gasteiger charge is 2.23. The fourth-order valence-electron chi connectivity index (χ4n) is 2.66. The lowest BCUT2D eigenvalue weighted by atomic mass is 10.1. The van der Waals surface area contributed by atoms with Crippen molar-refractivity contribution in [2.75, 3.05) is 19.0 Å². The number of hydrogen-bond acceptors (Lipinski definition) is 9. The minimum Gasteiger partial charge on any atom is -0.466 e. The number of H-pyrrole nitrogens is 1. The van der Waals surface area contributed by atoms with Gasteiger partial charge in [-0.25, -0.2) is 19.7 Å². The molecule has 164 valence electrons. The molecule has 30 heavy (non-hydrogen) atoms. The van der Waals surface area contributed by atoms with Crippen LogP contribution in [0.1, 0.15) is 46.0 Å². The second-order valence-electron chi connectivity index (χ2n) is 6.30. The molecule has 10 nitrogen and oxygen atoms in total. The van der Waals surface area contributed by atoms with E-state index in [4.69, 9.17) is 9.47 Å². The molecule has 0 aliphatic carbocycles. The minimum absolute atomic E-state index is 0.0369. The number of aromatic amines is 1. The van der Waals surface area contributed by atoms with E-state index in [1.165, 1.54) is 6.33 Å². The first kappa shape index (κ1) is 23.6. The number of carbonyl (C=O) groups excluding carboxylic acids is 3. The highest BCUT2D eigenvalue weighted by atomic mass is 32.2. The lowest BCUT2D eigenvalue weighted by Gasteiger charge is -2.17. The number of thioether (sulfide) groups is 1. The molecule has 2 aromatic rings. The number of nitrogens with zero attached hydrogens (tertiary/aromatic N) is 3. The van der Waals surface area contributed by atoms with Crippen LogP contribution in [0, 0.1) is 0 Å². The summed E-state index contributed by atoms with van der Waals surface area (Å²) in [7, 11) is 0. The Morgan fingerprint density at radius 2 is 1.90 bits per heavy atom. The van der Waals surface area contributed by atoms with Gasteiger partial charge in [0.2, 0.25) is 5.91 Å². The van der Waals surface area contributed by atoms with E-state index in [9.17, 15) is 14.4 Å². The fourth-order valence-corrected chi connectivity index (χ4v) is 3.62. The minimum atomic E-state index is -0.856. The number of aromatic nitrogens is 4. The van der Waals surface area contributed by atoms with Gasteiger partial charge in [0.1, 0.15) is 22.9 Å². The molecular formula is C19H27N5O5S. The molecule has 0 bridgehead atoms. The summed E-state index contributed by atoms with van der Waals surface area (Å²) in [5.41, 5.74) is 1.43. The normalized spacial score (nSPS) is 11.8. The van der Waals surface area contributed by atoms with Gasteiger partial charge in [0, 0.05) is 12.8 Å². The van der Waals surface area contributed by atoms with Crippen molar-refractivity contribution >= 4 is 40.8 Å². The maximum atomic E-state index is 12.2. The summed E-state index contributed by atoms with van der Waals surface area (Å²) in [6.45, 7) is 3.88. The molecule has 0 spiro atoms. The van der Waals surface area contributed by atoms with E-state index in [0.29, 0.717) is 12.1 Å². The van der Waals surface area contributed by atoms with Crippen LogP contribution in [0.15, 0.2) is 17.7 Å². The summed E-state index contributed by atoms with van der Waals surface area (Å²) in [6.07, 6.45) is 4.97. The van der Waals surface area contributed by atoms with Crippen LogP contribution in [-0.4, -0.2) is 62.8 Å². The molecule has 0 saturated heterocycles. The lowest BCUT2D eigenvalue weighted by Crippen LogP contribution is -2.42. The van der Waals surface area contributed by atoms with Crippen LogP contribution in [0.2, 0.25) is 0 Å². The van der Waals surface area contributed by atoms with Gasteiger partial charge in [0.15, 0.2) is 5.65 Å². The zero-order chi connectivity index (χ0) is 21.8. The summed E-state index contributed by atoms with van der Waals surface area (Å²) in [5.74, 6) is -0.421. The van der Waals surface area contributed by atoms with Crippen molar-refractivity contribution in [2.45, 2.75) is 57.0 Å². The van der Waals surface area contributed by atoms with Gasteiger partial charge >= 0.3 is 11.9 Å². The van der Waals surface area contributed by atoms with E-state index in [-0.39, 0.29) is 38.4 Å². The van der Waals surface area contributed by atoms with Crippen LogP contribution < -0.4 is 5.32 Å². The van der Waals surface area contributed by atoms with Crippen LogP contribution in [0.5, 0.6) is 0 Å². The largest absolute Gasteiger partial charge is 0.466 e. The number of nitrogens with one attached hydrogen (secondary N) is 2. The topological polar surface area (TPSA) is 136 Å². The average Bonchev–Trinajstić information content (AvgIpc) is 3.21. The van der Waals surface area contributed by atoms with Crippen LogP contribution in [0.3, 0.4) is 0 Å². The number of rotatable bonds is 13. The molecule has 0 saturated carbocycles. The molecule has 1 amide bonds. The monoisotopic (exact) mass is 437 g/mol. The smallest absolute Gasteiger partial charge is 0.328 e. The van der Waals surface area contributed by atoms with Gasteiger partial charge in [-0.2, -0.15) is 0 Å². The van der Waals surface area contributed by atoms with Crippen molar-refractivity contribution in [3.63, 3.8) is 0 Å². The standard InChI is InChI=1S/C19H27N5O5S/c1-3-28-15(26)9-8-13(19(27)29-4-2)24-14(25)7-5-6-10-30-18-16-17(21-11-20-16)22-12-23-18/h11-13H,3-10H2,1-2H3,(H,24,25)(H,20,21,22,23)/t13-/m1/s1. The van der Waals surface area contributed by atoms with E-state index >= 15 is 0 Å². The number of carbonyl (C=O) groups is 3. The van der Waals surface area contributed by atoms with Crippen LogP contribution in [-0.2, 0) is 23.9 Å². The number of imidazole rings is 1. The number of amides is 1. The molecule has 2 rings (SSSR count). The number of ether oxygens (including phenoxy) is 2. The van der Waals surface area contributed by atoms with Gasteiger partial charge in [-0.3, -0.25) is 9.59 Å². The highest BCUT2D eigenvalue weighted by Crippen LogP contribution is 2.22. The predicted octanol–water partition coefficient (Wildman–Crippen LogP) is 2.01. The first-order valence-corrected chi connectivity index (χ1v) is 10.9. The Labute approximate surface area is 178 Å². The summed E-state index contributed by atoms with van der Waals surface area (Å²) in [5, 5.41) is 3.49. The second kappa shape index (κ2) is 12.8. The van der Waals surface area contributed by atoms with Gasteiger partial charge in [0.25, 0.3) is 0 Å². The molecule has 2 aromatic heterocycles. The average molecular weight is 438 g/mol. The third kappa shape index (κ3) is 7.62. The van der Waals surface area contributed by atoms with Crippen LogP contribution >= 0.6 is 11.8 Å². The molecule has 0 fully saturated rings. The molecular weight excluding hydrogens is 410 g/mol. The Morgan fingerprint density at radius 3 is 2.67 bits per heavy atom. The van der Waals surface area contributed by atoms with Crippen LogP contribution in [0.25, 0.3) is 11.2 Å². The second-order valence-corrected chi connectivity index (χ2v) is 7.38. The fraction of sp³-hybridized carbons (Fsp3) is 0.579. The van der Waals surface area contributed by atoms with E-state index < -0.39 is 18.0 Å². The van der Waals surface area contributed by atoms with E-state index in [0.717, 1.165) is 22.7 Å². The van der Waals surface area contributed by atoms with Crippen molar-refractivity contribution in [3.05, 3.63) is 12.7 Å².